The highest BCUT2D eigenvalue weighted by molar-refractivity contribution is 7.13. The third kappa shape index (κ3) is 4.87. The number of anilines is 3. The number of carbonyl (C=O) groups excluding carboxylic acids is 1. The van der Waals surface area contributed by atoms with Crippen molar-refractivity contribution < 1.29 is 14.3 Å². The van der Waals surface area contributed by atoms with Gasteiger partial charge in [0.15, 0.2) is 29.0 Å². The van der Waals surface area contributed by atoms with Crippen LogP contribution in [0.3, 0.4) is 0 Å². The zero-order valence-electron chi connectivity index (χ0n) is 16.2. The first kappa shape index (κ1) is 20.1. The molecular weight excluding hydrogens is 420 g/mol. The maximum atomic E-state index is 12.4. The average Bonchev–Trinajstić information content (AvgIpc) is 3.29. The molecule has 11 nitrogen and oxygen atoms in total. The summed E-state index contributed by atoms with van der Waals surface area (Å²) in [7, 11) is 1.56. The normalized spacial score (nSPS) is 10.5. The molecule has 0 unspecified atom stereocenters. The van der Waals surface area contributed by atoms with E-state index in [1.807, 2.05) is 12.1 Å². The van der Waals surface area contributed by atoms with E-state index in [4.69, 9.17) is 15.2 Å². The molecule has 31 heavy (non-hydrogen) atoms. The van der Waals surface area contributed by atoms with Crippen molar-refractivity contribution in [3.05, 3.63) is 59.6 Å². The van der Waals surface area contributed by atoms with E-state index < -0.39 is 5.97 Å². The van der Waals surface area contributed by atoms with Gasteiger partial charge in [-0.05, 0) is 18.2 Å². The van der Waals surface area contributed by atoms with Gasteiger partial charge < -0.3 is 20.5 Å². The van der Waals surface area contributed by atoms with E-state index in [1.54, 1.807) is 43.1 Å². The predicted molar refractivity (Wildman–Crippen MR) is 113 cm³/mol. The lowest BCUT2D eigenvalue weighted by atomic mass is 10.3. The number of esters is 1. The summed E-state index contributed by atoms with van der Waals surface area (Å²) in [6, 6.07) is 8.96. The number of aromatic nitrogens is 6. The Kier molecular flexibility index (Phi) is 5.89. The van der Waals surface area contributed by atoms with Gasteiger partial charge in [-0.2, -0.15) is 15.0 Å². The van der Waals surface area contributed by atoms with Crippen LogP contribution in [0.2, 0.25) is 0 Å². The smallest absolute Gasteiger partial charge is 0.358 e. The summed E-state index contributed by atoms with van der Waals surface area (Å²) in [5.41, 5.74) is 6.56. The van der Waals surface area contributed by atoms with E-state index in [2.05, 4.69) is 35.2 Å². The molecule has 12 heteroatoms. The molecule has 4 rings (SSSR count). The van der Waals surface area contributed by atoms with Crippen molar-refractivity contribution in [2.45, 2.75) is 6.61 Å². The van der Waals surface area contributed by atoms with Crippen LogP contribution in [0.4, 0.5) is 17.6 Å². The van der Waals surface area contributed by atoms with E-state index in [-0.39, 0.29) is 30.0 Å². The highest BCUT2D eigenvalue weighted by atomic mass is 32.1. The molecule has 4 aromatic rings. The maximum Gasteiger partial charge on any atom is 0.358 e. The third-order valence-electron chi connectivity index (χ3n) is 3.86. The number of carbonyl (C=O) groups is 1. The fourth-order valence-electron chi connectivity index (χ4n) is 2.51. The highest BCUT2D eigenvalue weighted by Crippen LogP contribution is 2.25. The van der Waals surface area contributed by atoms with Gasteiger partial charge in [-0.3, -0.25) is 0 Å². The van der Waals surface area contributed by atoms with Gasteiger partial charge in [0.25, 0.3) is 0 Å². The second-order valence-electron chi connectivity index (χ2n) is 5.95. The van der Waals surface area contributed by atoms with Crippen molar-refractivity contribution in [1.29, 1.82) is 0 Å². The molecule has 1 aromatic carbocycles. The first-order valence-electron chi connectivity index (χ1n) is 8.93. The molecule has 0 fully saturated rings. The molecule has 3 heterocycles. The van der Waals surface area contributed by atoms with Crippen LogP contribution in [0, 0.1) is 0 Å². The second-order valence-corrected chi connectivity index (χ2v) is 6.80. The van der Waals surface area contributed by atoms with Crippen LogP contribution < -0.4 is 15.8 Å². The Morgan fingerprint density at radius 2 is 1.90 bits per heavy atom. The predicted octanol–water partition coefficient (Wildman–Crippen LogP) is 2.48. The van der Waals surface area contributed by atoms with Crippen molar-refractivity contribution in [2.24, 2.45) is 0 Å². The van der Waals surface area contributed by atoms with Gasteiger partial charge in [0.05, 0.1) is 12.8 Å². The SMILES string of the molecule is COc1ccccc1Nc1nc(N)nc(COC(=O)c2csc(-c3ncccn3)n2)n1. The Balaban J connectivity index is 1.44. The average molecular weight is 436 g/mol. The van der Waals surface area contributed by atoms with Crippen LogP contribution in [0.15, 0.2) is 48.1 Å². The number of nitrogen functional groups attached to an aromatic ring is 1. The van der Waals surface area contributed by atoms with Crippen molar-refractivity contribution >= 4 is 34.9 Å². The quantitative estimate of drug-likeness (QED) is 0.411. The van der Waals surface area contributed by atoms with Crippen LogP contribution in [0.25, 0.3) is 10.8 Å². The topological polar surface area (TPSA) is 151 Å². The summed E-state index contributed by atoms with van der Waals surface area (Å²) < 4.78 is 10.6. The largest absolute Gasteiger partial charge is 0.495 e. The lowest BCUT2D eigenvalue weighted by Gasteiger charge is -2.10. The Bertz CT molecular complexity index is 1200. The number of nitrogens with one attached hydrogen (secondary N) is 1. The minimum atomic E-state index is -0.628. The number of nitrogens with zero attached hydrogens (tertiary/aromatic N) is 6. The maximum absolute atomic E-state index is 12.4. The summed E-state index contributed by atoms with van der Waals surface area (Å²) in [4.78, 5) is 37.1. The summed E-state index contributed by atoms with van der Waals surface area (Å²) in [6.07, 6.45) is 3.20. The number of thiazole rings is 1. The zero-order valence-corrected chi connectivity index (χ0v) is 17.0. The van der Waals surface area contributed by atoms with Crippen molar-refractivity contribution in [1.82, 2.24) is 29.9 Å². The number of benzene rings is 1. The monoisotopic (exact) mass is 436 g/mol. The molecule has 0 atom stereocenters. The molecule has 0 aliphatic rings. The van der Waals surface area contributed by atoms with Gasteiger partial charge in [0, 0.05) is 17.8 Å². The minimum absolute atomic E-state index is 0.0179. The van der Waals surface area contributed by atoms with Gasteiger partial charge in [0.2, 0.25) is 11.9 Å². The number of para-hydroxylation sites is 2. The zero-order chi connectivity index (χ0) is 21.6. The fraction of sp³-hybridized carbons (Fsp3) is 0.105. The standard InChI is InChI=1S/C19H16N8O3S/c1-29-13-6-3-2-5-11(13)24-19-26-14(25-18(20)27-19)9-30-17(28)12-10-31-16(23-12)15-21-7-4-8-22-15/h2-8,10H,9H2,1H3,(H3,20,24,25,26,27). The van der Waals surface area contributed by atoms with Crippen LogP contribution in [0.5, 0.6) is 5.75 Å². The van der Waals surface area contributed by atoms with Gasteiger partial charge in [-0.15, -0.1) is 11.3 Å². The van der Waals surface area contributed by atoms with E-state index in [0.29, 0.717) is 22.3 Å². The molecule has 0 radical (unpaired) electrons. The summed E-state index contributed by atoms with van der Waals surface area (Å²) in [5.74, 6) is 0.771. The molecule has 0 aliphatic heterocycles. The Labute approximate surface area is 180 Å². The lowest BCUT2D eigenvalue weighted by molar-refractivity contribution is 0.0456. The molecule has 0 saturated heterocycles. The van der Waals surface area contributed by atoms with Gasteiger partial charge in [-0.1, -0.05) is 12.1 Å². The Morgan fingerprint density at radius 1 is 1.10 bits per heavy atom. The number of ether oxygens (including phenoxy) is 2. The van der Waals surface area contributed by atoms with Crippen LogP contribution in [0.1, 0.15) is 16.3 Å². The molecule has 0 amide bonds. The van der Waals surface area contributed by atoms with Crippen molar-refractivity contribution in [2.75, 3.05) is 18.2 Å². The number of hydrogen-bond acceptors (Lipinski definition) is 12. The van der Waals surface area contributed by atoms with Crippen LogP contribution in [-0.2, 0) is 11.3 Å². The van der Waals surface area contributed by atoms with Crippen molar-refractivity contribution in [3.8, 4) is 16.6 Å². The Hall–Kier alpha value is -4.19. The molecular formula is C19H16N8O3S. The molecule has 3 N–H and O–H groups in total. The number of nitrogens with two attached hydrogens (primary N) is 1. The summed E-state index contributed by atoms with van der Waals surface area (Å²) in [6.45, 7) is -0.207. The fourth-order valence-corrected chi connectivity index (χ4v) is 3.24. The van der Waals surface area contributed by atoms with Crippen LogP contribution >= 0.6 is 11.3 Å². The first-order chi connectivity index (χ1) is 15.1. The van der Waals surface area contributed by atoms with Crippen LogP contribution in [-0.4, -0.2) is 43.0 Å². The third-order valence-corrected chi connectivity index (χ3v) is 4.69. The summed E-state index contributed by atoms with van der Waals surface area (Å²) in [5, 5.41) is 5.10. The molecule has 0 bridgehead atoms. The number of rotatable bonds is 7. The highest BCUT2D eigenvalue weighted by Gasteiger charge is 2.16. The molecule has 0 spiro atoms. The number of methoxy groups -OCH3 is 1. The van der Waals surface area contributed by atoms with E-state index in [0.717, 1.165) is 0 Å². The first-order valence-corrected chi connectivity index (χ1v) is 9.81. The van der Waals surface area contributed by atoms with Crippen molar-refractivity contribution in [3.63, 3.8) is 0 Å². The summed E-state index contributed by atoms with van der Waals surface area (Å²) >= 11 is 1.24. The molecule has 0 aliphatic carbocycles. The lowest BCUT2D eigenvalue weighted by Crippen LogP contribution is -2.11. The Morgan fingerprint density at radius 3 is 2.71 bits per heavy atom. The van der Waals surface area contributed by atoms with Gasteiger partial charge in [0.1, 0.15) is 5.75 Å². The molecule has 156 valence electrons. The number of hydrogen-bond donors (Lipinski definition) is 2. The second kappa shape index (κ2) is 9.09. The molecule has 0 saturated carbocycles. The molecule has 3 aromatic heterocycles. The van der Waals surface area contributed by atoms with E-state index in [9.17, 15) is 4.79 Å². The minimum Gasteiger partial charge on any atom is -0.495 e. The van der Waals surface area contributed by atoms with E-state index >= 15 is 0 Å². The van der Waals surface area contributed by atoms with Gasteiger partial charge >= 0.3 is 5.97 Å². The van der Waals surface area contributed by atoms with E-state index in [1.165, 1.54) is 11.3 Å². The van der Waals surface area contributed by atoms with Gasteiger partial charge in [-0.25, -0.2) is 19.7 Å².